The van der Waals surface area contributed by atoms with Crippen molar-refractivity contribution in [3.8, 4) is 0 Å². The van der Waals surface area contributed by atoms with E-state index < -0.39 is 0 Å². The highest BCUT2D eigenvalue weighted by Crippen LogP contribution is 2.22. The van der Waals surface area contributed by atoms with Crippen LogP contribution in [0.1, 0.15) is 76.7 Å². The molecule has 3 atom stereocenters. The van der Waals surface area contributed by atoms with Gasteiger partial charge in [-0.1, -0.05) is 32.9 Å². The van der Waals surface area contributed by atoms with E-state index in [-0.39, 0.29) is 17.5 Å². The SMILES string of the molecule is CC(C[NH+]1C(C)CCCC1C)OC(=O)c1ccc(C(C)(C)C)cc1. The lowest BCUT2D eigenvalue weighted by molar-refractivity contribution is -0.953. The van der Waals surface area contributed by atoms with E-state index in [2.05, 4.69) is 34.6 Å². The monoisotopic (exact) mass is 332 g/mol. The van der Waals surface area contributed by atoms with E-state index in [9.17, 15) is 4.79 Å². The summed E-state index contributed by atoms with van der Waals surface area (Å²) in [5.41, 5.74) is 1.97. The van der Waals surface area contributed by atoms with Crippen molar-refractivity contribution in [2.24, 2.45) is 0 Å². The first-order valence-electron chi connectivity index (χ1n) is 9.35. The summed E-state index contributed by atoms with van der Waals surface area (Å²) in [7, 11) is 0. The van der Waals surface area contributed by atoms with Crippen LogP contribution in [0.3, 0.4) is 0 Å². The fourth-order valence-electron chi connectivity index (χ4n) is 3.72. The van der Waals surface area contributed by atoms with E-state index in [0.29, 0.717) is 17.6 Å². The third-order valence-electron chi connectivity index (χ3n) is 5.36. The molecule has 134 valence electrons. The maximum atomic E-state index is 12.4. The van der Waals surface area contributed by atoms with Crippen LogP contribution in [0.15, 0.2) is 24.3 Å². The normalized spacial score (nSPS) is 26.0. The minimum Gasteiger partial charge on any atom is -0.453 e. The topological polar surface area (TPSA) is 30.7 Å². The smallest absolute Gasteiger partial charge is 0.338 e. The van der Waals surface area contributed by atoms with Crippen molar-refractivity contribution in [2.75, 3.05) is 6.54 Å². The second-order valence-electron chi connectivity index (χ2n) is 8.56. The molecule has 2 rings (SSSR count). The molecule has 0 spiro atoms. The Morgan fingerprint density at radius 1 is 1.17 bits per heavy atom. The van der Waals surface area contributed by atoms with Gasteiger partial charge in [0.2, 0.25) is 0 Å². The Labute approximate surface area is 147 Å². The summed E-state index contributed by atoms with van der Waals surface area (Å²) in [6.45, 7) is 14.1. The number of carbonyl (C=O) groups is 1. The number of carbonyl (C=O) groups excluding carboxylic acids is 1. The minimum atomic E-state index is -0.209. The molecule has 1 aliphatic heterocycles. The van der Waals surface area contributed by atoms with Crippen molar-refractivity contribution in [3.63, 3.8) is 0 Å². The Kier molecular flexibility index (Phi) is 6.08. The summed E-state index contributed by atoms with van der Waals surface area (Å²) in [6, 6.07) is 9.13. The van der Waals surface area contributed by atoms with Gasteiger partial charge < -0.3 is 9.64 Å². The summed E-state index contributed by atoms with van der Waals surface area (Å²) in [6.07, 6.45) is 3.81. The number of esters is 1. The van der Waals surface area contributed by atoms with Crippen LogP contribution < -0.4 is 4.90 Å². The van der Waals surface area contributed by atoms with Crippen LogP contribution in [0.4, 0.5) is 0 Å². The molecule has 1 fully saturated rings. The molecule has 1 aromatic rings. The van der Waals surface area contributed by atoms with Gasteiger partial charge in [0.1, 0.15) is 12.6 Å². The van der Waals surface area contributed by atoms with Gasteiger partial charge in [0.25, 0.3) is 0 Å². The Morgan fingerprint density at radius 2 is 1.71 bits per heavy atom. The van der Waals surface area contributed by atoms with Crippen LogP contribution in [0, 0.1) is 0 Å². The summed E-state index contributed by atoms with van der Waals surface area (Å²) < 4.78 is 5.70. The minimum absolute atomic E-state index is 0.0576. The van der Waals surface area contributed by atoms with Crippen molar-refractivity contribution >= 4 is 5.97 Å². The fraction of sp³-hybridized carbons (Fsp3) is 0.667. The lowest BCUT2D eigenvalue weighted by Crippen LogP contribution is -3.20. The van der Waals surface area contributed by atoms with Crippen molar-refractivity contribution in [1.29, 1.82) is 0 Å². The molecule has 3 unspecified atom stereocenters. The maximum Gasteiger partial charge on any atom is 0.338 e. The van der Waals surface area contributed by atoms with Gasteiger partial charge in [-0.25, -0.2) is 4.79 Å². The van der Waals surface area contributed by atoms with Crippen molar-refractivity contribution in [2.45, 2.75) is 84.4 Å². The molecule has 1 aromatic carbocycles. The Hall–Kier alpha value is -1.35. The zero-order valence-electron chi connectivity index (χ0n) is 16.2. The first-order chi connectivity index (χ1) is 11.2. The molecule has 0 saturated carbocycles. The molecule has 0 amide bonds. The zero-order chi connectivity index (χ0) is 17.9. The largest absolute Gasteiger partial charge is 0.453 e. The highest BCUT2D eigenvalue weighted by atomic mass is 16.5. The van der Waals surface area contributed by atoms with E-state index in [4.69, 9.17) is 4.74 Å². The predicted octanol–water partition coefficient (Wildman–Crippen LogP) is 3.38. The number of ether oxygens (including phenoxy) is 1. The molecular weight excluding hydrogens is 298 g/mol. The quantitative estimate of drug-likeness (QED) is 0.857. The highest BCUT2D eigenvalue weighted by Gasteiger charge is 2.30. The number of piperidine rings is 1. The van der Waals surface area contributed by atoms with Crippen molar-refractivity contribution < 1.29 is 14.4 Å². The van der Waals surface area contributed by atoms with E-state index in [0.717, 1.165) is 6.54 Å². The van der Waals surface area contributed by atoms with E-state index in [1.807, 2.05) is 31.2 Å². The van der Waals surface area contributed by atoms with Crippen molar-refractivity contribution in [3.05, 3.63) is 35.4 Å². The number of quaternary nitrogens is 1. The molecule has 1 N–H and O–H groups in total. The second-order valence-corrected chi connectivity index (χ2v) is 8.56. The van der Waals surface area contributed by atoms with Crippen LogP contribution in [0.5, 0.6) is 0 Å². The maximum absolute atomic E-state index is 12.4. The molecule has 1 saturated heterocycles. The summed E-state index contributed by atoms with van der Waals surface area (Å²) in [5, 5.41) is 0. The van der Waals surface area contributed by atoms with Gasteiger partial charge in [-0.05, 0) is 63.1 Å². The third-order valence-corrected chi connectivity index (χ3v) is 5.36. The van der Waals surface area contributed by atoms with Gasteiger partial charge in [0.15, 0.2) is 0 Å². The number of likely N-dealkylation sites (tertiary alicyclic amines) is 1. The molecule has 0 radical (unpaired) electrons. The summed E-state index contributed by atoms with van der Waals surface area (Å²) in [5.74, 6) is -0.209. The Morgan fingerprint density at radius 3 is 2.21 bits per heavy atom. The average Bonchev–Trinajstić information content (AvgIpc) is 2.50. The standard InChI is InChI=1S/C21H33NO2/c1-15-8-7-9-16(2)22(15)14-17(3)24-20(23)18-10-12-19(13-11-18)21(4,5)6/h10-13,15-17H,7-9,14H2,1-6H3/p+1. The van der Waals surface area contributed by atoms with E-state index in [1.54, 1.807) is 4.90 Å². The molecule has 1 aliphatic rings. The second kappa shape index (κ2) is 7.69. The molecule has 3 heteroatoms. The fourth-order valence-corrected chi connectivity index (χ4v) is 3.72. The first kappa shape index (κ1) is 19.0. The van der Waals surface area contributed by atoms with E-state index >= 15 is 0 Å². The van der Waals surface area contributed by atoms with Gasteiger partial charge >= 0.3 is 5.97 Å². The predicted molar refractivity (Wildman–Crippen MR) is 98.6 cm³/mol. The van der Waals surface area contributed by atoms with Gasteiger partial charge in [-0.15, -0.1) is 0 Å². The first-order valence-corrected chi connectivity index (χ1v) is 9.35. The lowest BCUT2D eigenvalue weighted by atomic mass is 9.87. The average molecular weight is 333 g/mol. The highest BCUT2D eigenvalue weighted by molar-refractivity contribution is 5.89. The van der Waals surface area contributed by atoms with Crippen LogP contribution in [0.2, 0.25) is 0 Å². The molecule has 0 aromatic heterocycles. The third kappa shape index (κ3) is 4.83. The molecule has 3 nitrogen and oxygen atoms in total. The van der Waals surface area contributed by atoms with Crippen LogP contribution in [-0.4, -0.2) is 30.7 Å². The Balaban J connectivity index is 1.93. The van der Waals surface area contributed by atoms with Gasteiger partial charge in [-0.2, -0.15) is 0 Å². The zero-order valence-corrected chi connectivity index (χ0v) is 16.2. The summed E-state index contributed by atoms with van der Waals surface area (Å²) in [4.78, 5) is 14.0. The Bertz CT molecular complexity index is 534. The number of benzene rings is 1. The molecule has 24 heavy (non-hydrogen) atoms. The van der Waals surface area contributed by atoms with E-state index in [1.165, 1.54) is 24.8 Å². The number of nitrogens with one attached hydrogen (secondary N) is 1. The van der Waals surface area contributed by atoms with Gasteiger partial charge in [0.05, 0.1) is 17.6 Å². The number of hydrogen-bond acceptors (Lipinski definition) is 2. The van der Waals surface area contributed by atoms with Crippen LogP contribution >= 0.6 is 0 Å². The van der Waals surface area contributed by atoms with Crippen LogP contribution in [-0.2, 0) is 10.2 Å². The molecule has 0 aliphatic carbocycles. The number of rotatable bonds is 4. The summed E-state index contributed by atoms with van der Waals surface area (Å²) >= 11 is 0. The molecular formula is C21H34NO2+. The van der Waals surface area contributed by atoms with Crippen molar-refractivity contribution in [1.82, 2.24) is 0 Å². The van der Waals surface area contributed by atoms with Gasteiger partial charge in [-0.3, -0.25) is 0 Å². The van der Waals surface area contributed by atoms with Crippen LogP contribution in [0.25, 0.3) is 0 Å². The molecule has 0 bridgehead atoms. The lowest BCUT2D eigenvalue weighted by Gasteiger charge is -2.37. The molecule has 1 heterocycles. The number of hydrogen-bond donors (Lipinski definition) is 1. The van der Waals surface area contributed by atoms with Gasteiger partial charge in [0, 0.05) is 0 Å².